The van der Waals surface area contributed by atoms with E-state index in [1.807, 2.05) is 31.2 Å². The zero-order chi connectivity index (χ0) is 13.6. The molecule has 3 nitrogen and oxygen atoms in total. The van der Waals surface area contributed by atoms with Crippen molar-refractivity contribution in [1.29, 1.82) is 0 Å². The summed E-state index contributed by atoms with van der Waals surface area (Å²) in [7, 11) is 0. The summed E-state index contributed by atoms with van der Waals surface area (Å²) in [4.78, 5) is 17.0. The molecule has 0 radical (unpaired) electrons. The maximum Gasteiger partial charge on any atom is 0.316 e. The van der Waals surface area contributed by atoms with Gasteiger partial charge in [-0.2, -0.15) is 0 Å². The first-order chi connectivity index (χ1) is 9.03. The smallest absolute Gasteiger partial charge is 0.316 e. The predicted molar refractivity (Wildman–Crippen MR) is 78.5 cm³/mol. The Bertz CT molecular complexity index is 661. The molecule has 0 atom stereocenters. The first-order valence-electron chi connectivity index (χ1n) is 6.00. The van der Waals surface area contributed by atoms with Crippen LogP contribution in [0.5, 0.6) is 0 Å². The highest BCUT2D eigenvalue weighted by molar-refractivity contribution is 9.10. The zero-order valence-corrected chi connectivity index (χ0v) is 12.7. The molecule has 0 amide bonds. The first kappa shape index (κ1) is 12.8. The Morgan fingerprint density at radius 3 is 2.79 bits per heavy atom. The SMILES string of the molecule is Cc1sc(C2(C(=O)O)CC2)nc1-c1cccc(Br)c1. The van der Waals surface area contributed by atoms with Crippen LogP contribution in [-0.2, 0) is 10.2 Å². The quantitative estimate of drug-likeness (QED) is 0.920. The minimum absolute atomic E-state index is 0.702. The van der Waals surface area contributed by atoms with Crippen LogP contribution in [0.15, 0.2) is 28.7 Å². The number of benzene rings is 1. The number of rotatable bonds is 3. The van der Waals surface area contributed by atoms with Gasteiger partial charge in [0.1, 0.15) is 10.4 Å². The summed E-state index contributed by atoms with van der Waals surface area (Å²) in [6.07, 6.45) is 1.40. The Balaban J connectivity index is 2.06. The molecule has 19 heavy (non-hydrogen) atoms. The normalized spacial score (nSPS) is 16.3. The predicted octanol–water partition coefficient (Wildman–Crippen LogP) is 4.00. The number of aryl methyl sites for hydroxylation is 1. The van der Waals surface area contributed by atoms with Gasteiger partial charge in [0, 0.05) is 14.9 Å². The number of thiazole rings is 1. The fraction of sp³-hybridized carbons (Fsp3) is 0.286. The standard InChI is InChI=1S/C14H12BrNO2S/c1-8-11(9-3-2-4-10(15)7-9)16-12(19-8)14(5-6-14)13(17)18/h2-4,7H,5-6H2,1H3,(H,17,18). The van der Waals surface area contributed by atoms with Gasteiger partial charge in [-0.05, 0) is 31.9 Å². The summed E-state index contributed by atoms with van der Waals surface area (Å²) in [6, 6.07) is 7.93. The van der Waals surface area contributed by atoms with Gasteiger partial charge in [0.2, 0.25) is 0 Å². The van der Waals surface area contributed by atoms with E-state index in [0.29, 0.717) is 12.8 Å². The van der Waals surface area contributed by atoms with Crippen LogP contribution < -0.4 is 0 Å². The van der Waals surface area contributed by atoms with Gasteiger partial charge in [-0.1, -0.05) is 28.1 Å². The molecular weight excluding hydrogens is 326 g/mol. The molecule has 1 saturated carbocycles. The number of hydrogen-bond donors (Lipinski definition) is 1. The maximum atomic E-state index is 11.4. The zero-order valence-electron chi connectivity index (χ0n) is 10.3. The molecule has 0 unspecified atom stereocenters. The van der Waals surface area contributed by atoms with Crippen LogP contribution in [0.2, 0.25) is 0 Å². The Labute approximate surface area is 123 Å². The third kappa shape index (κ3) is 2.11. The average molecular weight is 338 g/mol. The first-order valence-corrected chi connectivity index (χ1v) is 7.61. The summed E-state index contributed by atoms with van der Waals surface area (Å²) in [5, 5.41) is 10.1. The van der Waals surface area contributed by atoms with E-state index in [0.717, 1.165) is 25.6 Å². The van der Waals surface area contributed by atoms with Gasteiger partial charge in [0.25, 0.3) is 0 Å². The van der Waals surface area contributed by atoms with Gasteiger partial charge in [0.05, 0.1) is 5.69 Å². The maximum absolute atomic E-state index is 11.4. The number of halogens is 1. The molecule has 1 aliphatic carbocycles. The molecule has 2 aromatic rings. The van der Waals surface area contributed by atoms with E-state index in [-0.39, 0.29) is 0 Å². The lowest BCUT2D eigenvalue weighted by Gasteiger charge is -2.04. The number of carboxylic acid groups (broad SMARTS) is 1. The van der Waals surface area contributed by atoms with Crippen LogP contribution in [-0.4, -0.2) is 16.1 Å². The second-order valence-corrected chi connectivity index (χ2v) is 6.94. The van der Waals surface area contributed by atoms with Crippen LogP contribution in [0.1, 0.15) is 22.7 Å². The summed E-state index contributed by atoms with van der Waals surface area (Å²) < 4.78 is 0.998. The van der Waals surface area contributed by atoms with Crippen molar-refractivity contribution in [3.63, 3.8) is 0 Å². The largest absolute Gasteiger partial charge is 0.481 e. The van der Waals surface area contributed by atoms with Crippen molar-refractivity contribution in [3.05, 3.63) is 38.6 Å². The highest BCUT2D eigenvalue weighted by atomic mass is 79.9. The lowest BCUT2D eigenvalue weighted by Crippen LogP contribution is -2.19. The lowest BCUT2D eigenvalue weighted by molar-refractivity contribution is -0.140. The number of nitrogens with zero attached hydrogens (tertiary/aromatic N) is 1. The summed E-state index contributed by atoms with van der Waals surface area (Å²) in [5.41, 5.74) is 1.21. The molecule has 3 rings (SSSR count). The van der Waals surface area contributed by atoms with E-state index in [2.05, 4.69) is 20.9 Å². The minimum Gasteiger partial charge on any atom is -0.481 e. The van der Waals surface area contributed by atoms with Crippen LogP contribution in [0.25, 0.3) is 11.3 Å². The van der Waals surface area contributed by atoms with Gasteiger partial charge < -0.3 is 5.11 Å². The number of hydrogen-bond acceptors (Lipinski definition) is 3. The third-order valence-electron chi connectivity index (χ3n) is 3.46. The van der Waals surface area contributed by atoms with Gasteiger partial charge in [-0.25, -0.2) is 4.98 Å². The number of carboxylic acids is 1. The molecule has 1 aromatic carbocycles. The van der Waals surface area contributed by atoms with Gasteiger partial charge in [0.15, 0.2) is 0 Å². The molecular formula is C14H12BrNO2S. The van der Waals surface area contributed by atoms with Crippen molar-refractivity contribution in [3.8, 4) is 11.3 Å². The topological polar surface area (TPSA) is 50.2 Å². The molecule has 1 aromatic heterocycles. The molecule has 1 heterocycles. The van der Waals surface area contributed by atoms with Gasteiger partial charge >= 0.3 is 5.97 Å². The fourth-order valence-electron chi connectivity index (χ4n) is 2.15. The van der Waals surface area contributed by atoms with E-state index in [1.54, 1.807) is 0 Å². The Hall–Kier alpha value is -1.20. The third-order valence-corrected chi connectivity index (χ3v) is 5.13. The second kappa shape index (κ2) is 4.42. The van der Waals surface area contributed by atoms with Crippen molar-refractivity contribution < 1.29 is 9.90 Å². The van der Waals surface area contributed by atoms with Crippen LogP contribution in [0.4, 0.5) is 0 Å². The number of carbonyl (C=O) groups is 1. The number of aromatic nitrogens is 1. The van der Waals surface area contributed by atoms with E-state index in [9.17, 15) is 9.90 Å². The van der Waals surface area contributed by atoms with Crippen LogP contribution in [0, 0.1) is 6.92 Å². The van der Waals surface area contributed by atoms with Gasteiger partial charge in [-0.15, -0.1) is 11.3 Å². The summed E-state index contributed by atoms with van der Waals surface area (Å²) in [6.45, 7) is 2.00. The van der Waals surface area contributed by atoms with E-state index >= 15 is 0 Å². The molecule has 1 aliphatic rings. The van der Waals surface area contributed by atoms with Crippen molar-refractivity contribution >= 4 is 33.2 Å². The van der Waals surface area contributed by atoms with Crippen LogP contribution in [0.3, 0.4) is 0 Å². The highest BCUT2D eigenvalue weighted by Gasteiger charge is 2.54. The second-order valence-electron chi connectivity index (χ2n) is 4.82. The Morgan fingerprint density at radius 2 is 2.21 bits per heavy atom. The molecule has 1 fully saturated rings. The summed E-state index contributed by atoms with van der Waals surface area (Å²) in [5.74, 6) is -0.748. The molecule has 0 bridgehead atoms. The number of aliphatic carboxylic acids is 1. The van der Waals surface area contributed by atoms with Crippen molar-refractivity contribution in [2.24, 2.45) is 0 Å². The van der Waals surface area contributed by atoms with Crippen molar-refractivity contribution in [2.45, 2.75) is 25.2 Å². The molecule has 98 valence electrons. The average Bonchev–Trinajstić information content (AvgIpc) is 3.08. The fourth-order valence-corrected chi connectivity index (χ4v) is 3.72. The Kier molecular flexibility index (Phi) is 2.98. The van der Waals surface area contributed by atoms with E-state index < -0.39 is 11.4 Å². The van der Waals surface area contributed by atoms with Gasteiger partial charge in [-0.3, -0.25) is 4.79 Å². The lowest BCUT2D eigenvalue weighted by atomic mass is 10.1. The molecule has 0 spiro atoms. The van der Waals surface area contributed by atoms with E-state index in [1.165, 1.54) is 11.3 Å². The van der Waals surface area contributed by atoms with Crippen molar-refractivity contribution in [1.82, 2.24) is 4.98 Å². The molecule has 1 N–H and O–H groups in total. The molecule has 5 heteroatoms. The highest BCUT2D eigenvalue weighted by Crippen LogP contribution is 2.50. The summed E-state index contributed by atoms with van der Waals surface area (Å²) >= 11 is 4.95. The minimum atomic E-state index is -0.748. The monoisotopic (exact) mass is 337 g/mol. The van der Waals surface area contributed by atoms with Crippen molar-refractivity contribution in [2.75, 3.05) is 0 Å². The molecule has 0 saturated heterocycles. The van der Waals surface area contributed by atoms with E-state index in [4.69, 9.17) is 0 Å². The Morgan fingerprint density at radius 1 is 1.47 bits per heavy atom. The molecule has 0 aliphatic heterocycles. The van der Waals surface area contributed by atoms with Crippen LogP contribution >= 0.6 is 27.3 Å².